The van der Waals surface area contributed by atoms with E-state index in [1.807, 2.05) is 24.3 Å². The van der Waals surface area contributed by atoms with Gasteiger partial charge in [-0.05, 0) is 76.4 Å². The van der Waals surface area contributed by atoms with Crippen molar-refractivity contribution < 1.29 is 8.78 Å². The minimum Gasteiger partial charge on any atom is -0.207 e. The van der Waals surface area contributed by atoms with E-state index in [0.29, 0.717) is 0 Å². The van der Waals surface area contributed by atoms with Crippen molar-refractivity contribution in [2.45, 2.75) is 51.9 Å². The van der Waals surface area contributed by atoms with Crippen LogP contribution in [-0.4, -0.2) is 0 Å². The maximum atomic E-state index is 14.7. The number of hydrogen-bond donors (Lipinski definition) is 0. The molecule has 1 nitrogen and oxygen atoms in total. The Morgan fingerprint density at radius 1 is 0.800 bits per heavy atom. The van der Waals surface area contributed by atoms with E-state index in [0.717, 1.165) is 64.6 Å². The van der Waals surface area contributed by atoms with E-state index in [-0.39, 0.29) is 11.4 Å². The quantitative estimate of drug-likeness (QED) is 0.293. The first-order chi connectivity index (χ1) is 14.6. The third-order valence-electron chi connectivity index (χ3n) is 6.02. The number of aryl methyl sites for hydroxylation is 1. The molecule has 0 fully saturated rings. The van der Waals surface area contributed by atoms with E-state index < -0.39 is 5.82 Å². The van der Waals surface area contributed by atoms with Gasteiger partial charge in [0.1, 0.15) is 17.7 Å². The Labute approximate surface area is 177 Å². The van der Waals surface area contributed by atoms with Crippen LogP contribution in [0.5, 0.6) is 0 Å². The highest BCUT2D eigenvalue weighted by atomic mass is 19.1. The number of halogens is 2. The van der Waals surface area contributed by atoms with E-state index in [4.69, 9.17) is 5.26 Å². The normalized spacial score (nSPS) is 11.8. The van der Waals surface area contributed by atoms with E-state index in [1.165, 1.54) is 31.4 Å². The van der Waals surface area contributed by atoms with Crippen LogP contribution in [0.4, 0.5) is 8.78 Å². The van der Waals surface area contributed by atoms with Crippen LogP contribution in [0.3, 0.4) is 0 Å². The molecule has 3 aromatic rings. The zero-order valence-corrected chi connectivity index (χ0v) is 17.3. The molecule has 1 aliphatic carbocycles. The van der Waals surface area contributed by atoms with Gasteiger partial charge >= 0.3 is 0 Å². The van der Waals surface area contributed by atoms with Crippen LogP contribution in [0.2, 0.25) is 0 Å². The molecule has 0 saturated heterocycles. The van der Waals surface area contributed by atoms with Crippen molar-refractivity contribution in [1.29, 1.82) is 5.26 Å². The largest absolute Gasteiger partial charge is 0.207 e. The zero-order valence-electron chi connectivity index (χ0n) is 17.3. The Morgan fingerprint density at radius 3 is 2.30 bits per heavy atom. The van der Waals surface area contributed by atoms with E-state index in [2.05, 4.69) is 13.0 Å². The first kappa shape index (κ1) is 20.3. The van der Waals surface area contributed by atoms with Crippen molar-refractivity contribution in [1.82, 2.24) is 0 Å². The molecule has 4 rings (SSSR count). The number of benzene rings is 3. The molecule has 0 N–H and O–H groups in total. The first-order valence-corrected chi connectivity index (χ1v) is 10.8. The summed E-state index contributed by atoms with van der Waals surface area (Å²) < 4.78 is 28.7. The monoisotopic (exact) mass is 401 g/mol. The number of nitriles is 1. The summed E-state index contributed by atoms with van der Waals surface area (Å²) in [5, 5.41) is 8.92. The van der Waals surface area contributed by atoms with Gasteiger partial charge in [0.15, 0.2) is 0 Å². The van der Waals surface area contributed by atoms with Crippen LogP contribution < -0.4 is 0 Å². The van der Waals surface area contributed by atoms with Gasteiger partial charge in [0.05, 0.1) is 5.56 Å². The highest BCUT2D eigenvalue weighted by Crippen LogP contribution is 2.40. The van der Waals surface area contributed by atoms with Gasteiger partial charge in [0.25, 0.3) is 0 Å². The summed E-state index contributed by atoms with van der Waals surface area (Å²) in [6, 6.07) is 16.2. The van der Waals surface area contributed by atoms with Crippen molar-refractivity contribution in [3.05, 3.63) is 82.4 Å². The second kappa shape index (κ2) is 8.79. The first-order valence-electron chi connectivity index (χ1n) is 10.8. The number of unbranched alkanes of at least 4 members (excludes halogenated alkanes) is 4. The van der Waals surface area contributed by atoms with Crippen LogP contribution in [-0.2, 0) is 12.8 Å². The maximum Gasteiger partial charge on any atom is 0.141 e. The van der Waals surface area contributed by atoms with Gasteiger partial charge in [-0.1, -0.05) is 62.9 Å². The molecule has 3 heteroatoms. The minimum atomic E-state index is -0.510. The zero-order chi connectivity index (χ0) is 21.1. The van der Waals surface area contributed by atoms with Crippen LogP contribution >= 0.6 is 0 Å². The molecular weight excluding hydrogens is 376 g/mol. The number of hydrogen-bond acceptors (Lipinski definition) is 1. The standard InChI is InChI=1S/C27H25F2N/c1-2-3-4-5-6-7-20-13-23-14-22-12-18(10-11-24(22)25(23)16-27(20)29)19-8-9-21(17-30)26(28)15-19/h8-13,15-16H,2-7,14H2,1H3. The second-order valence-corrected chi connectivity index (χ2v) is 8.12. The summed E-state index contributed by atoms with van der Waals surface area (Å²) in [6.45, 7) is 2.20. The topological polar surface area (TPSA) is 23.8 Å². The van der Waals surface area contributed by atoms with Gasteiger partial charge in [-0.25, -0.2) is 8.78 Å². The molecule has 0 radical (unpaired) electrons. The predicted octanol–water partition coefficient (Wildman–Crippen LogP) is 7.59. The van der Waals surface area contributed by atoms with E-state index >= 15 is 0 Å². The number of nitrogens with zero attached hydrogens (tertiary/aromatic N) is 1. The SMILES string of the molecule is CCCCCCCc1cc2c(cc1F)-c1ccc(-c3ccc(C#N)c(F)c3)cc1C2. The lowest BCUT2D eigenvalue weighted by Crippen LogP contribution is -1.94. The van der Waals surface area contributed by atoms with Crippen molar-refractivity contribution in [3.8, 4) is 28.3 Å². The highest BCUT2D eigenvalue weighted by molar-refractivity contribution is 5.80. The molecule has 0 bridgehead atoms. The van der Waals surface area contributed by atoms with Gasteiger partial charge in [-0.3, -0.25) is 0 Å². The molecule has 0 atom stereocenters. The average Bonchev–Trinajstić information content (AvgIpc) is 3.10. The Morgan fingerprint density at radius 2 is 1.53 bits per heavy atom. The van der Waals surface area contributed by atoms with Crippen LogP contribution in [0.15, 0.2) is 48.5 Å². The molecule has 152 valence electrons. The minimum absolute atomic E-state index is 0.0463. The predicted molar refractivity (Wildman–Crippen MR) is 117 cm³/mol. The molecule has 0 amide bonds. The molecule has 0 heterocycles. The van der Waals surface area contributed by atoms with Gasteiger partial charge in [-0.2, -0.15) is 5.26 Å². The van der Waals surface area contributed by atoms with Crippen molar-refractivity contribution in [3.63, 3.8) is 0 Å². The Kier molecular flexibility index (Phi) is 5.95. The second-order valence-electron chi connectivity index (χ2n) is 8.12. The van der Waals surface area contributed by atoms with Gasteiger partial charge in [0, 0.05) is 0 Å². The fourth-order valence-corrected chi connectivity index (χ4v) is 4.35. The van der Waals surface area contributed by atoms with Gasteiger partial charge in [-0.15, -0.1) is 0 Å². The van der Waals surface area contributed by atoms with Crippen molar-refractivity contribution >= 4 is 0 Å². The van der Waals surface area contributed by atoms with Crippen LogP contribution in [0, 0.1) is 23.0 Å². The highest BCUT2D eigenvalue weighted by Gasteiger charge is 2.21. The third-order valence-corrected chi connectivity index (χ3v) is 6.02. The van der Waals surface area contributed by atoms with Crippen molar-refractivity contribution in [2.24, 2.45) is 0 Å². The maximum absolute atomic E-state index is 14.7. The molecule has 30 heavy (non-hydrogen) atoms. The molecule has 0 saturated carbocycles. The molecule has 0 aromatic heterocycles. The van der Waals surface area contributed by atoms with Crippen molar-refractivity contribution in [2.75, 3.05) is 0 Å². The fraction of sp³-hybridized carbons (Fsp3) is 0.296. The third kappa shape index (κ3) is 4.00. The molecule has 0 aliphatic heterocycles. The summed E-state index contributed by atoms with van der Waals surface area (Å²) in [5.41, 5.74) is 6.82. The Bertz CT molecular complexity index is 1120. The van der Waals surface area contributed by atoms with Crippen LogP contribution in [0.1, 0.15) is 61.3 Å². The Hall–Kier alpha value is -2.99. The molecule has 0 spiro atoms. The Balaban J connectivity index is 1.56. The molecular formula is C27H25F2N. The summed E-state index contributed by atoms with van der Waals surface area (Å²) >= 11 is 0. The smallest absolute Gasteiger partial charge is 0.141 e. The number of fused-ring (bicyclic) bond motifs is 3. The molecule has 3 aromatic carbocycles. The number of rotatable bonds is 7. The average molecular weight is 402 g/mol. The summed E-state index contributed by atoms with van der Waals surface area (Å²) in [5.74, 6) is -0.625. The lowest BCUT2D eigenvalue weighted by Gasteiger charge is -2.08. The fourth-order valence-electron chi connectivity index (χ4n) is 4.35. The van der Waals surface area contributed by atoms with Crippen LogP contribution in [0.25, 0.3) is 22.3 Å². The lowest BCUT2D eigenvalue weighted by molar-refractivity contribution is 0.587. The van der Waals surface area contributed by atoms with E-state index in [9.17, 15) is 8.78 Å². The lowest BCUT2D eigenvalue weighted by atomic mass is 9.97. The van der Waals surface area contributed by atoms with Gasteiger partial charge in [0.2, 0.25) is 0 Å². The summed E-state index contributed by atoms with van der Waals surface area (Å²) in [6.07, 6.45) is 7.39. The summed E-state index contributed by atoms with van der Waals surface area (Å²) in [7, 11) is 0. The molecule has 1 aliphatic rings. The summed E-state index contributed by atoms with van der Waals surface area (Å²) in [4.78, 5) is 0. The molecule has 0 unspecified atom stereocenters. The van der Waals surface area contributed by atoms with E-state index in [1.54, 1.807) is 12.1 Å². The van der Waals surface area contributed by atoms with Gasteiger partial charge < -0.3 is 0 Å².